The Morgan fingerprint density at radius 1 is 1.15 bits per heavy atom. The molecule has 0 fully saturated rings. The van der Waals surface area contributed by atoms with Crippen molar-refractivity contribution in [3.05, 3.63) is 65.7 Å². The maximum atomic E-state index is 12.2. The van der Waals surface area contributed by atoms with Crippen LogP contribution in [0.15, 0.2) is 54.6 Å². The minimum atomic E-state index is -3.49. The number of amides is 1. The highest BCUT2D eigenvalue weighted by Gasteiger charge is 2.25. The number of nitrogens with zero attached hydrogens (tertiary/aromatic N) is 2. The van der Waals surface area contributed by atoms with Gasteiger partial charge in [0.05, 0.1) is 17.5 Å². The molecule has 2 aromatic rings. The molecule has 0 radical (unpaired) electrons. The summed E-state index contributed by atoms with van der Waals surface area (Å²) in [7, 11) is -3.49. The molecule has 0 aliphatic heterocycles. The zero-order valence-electron chi connectivity index (χ0n) is 14.7. The van der Waals surface area contributed by atoms with Crippen LogP contribution in [0.2, 0.25) is 0 Å². The van der Waals surface area contributed by atoms with Crippen LogP contribution in [-0.2, 0) is 14.8 Å². The summed E-state index contributed by atoms with van der Waals surface area (Å²) in [5, 5.41) is 11.7. The Morgan fingerprint density at radius 3 is 2.38 bits per heavy atom. The van der Waals surface area contributed by atoms with Crippen molar-refractivity contribution < 1.29 is 13.2 Å². The summed E-state index contributed by atoms with van der Waals surface area (Å²) in [4.78, 5) is 12.2. The van der Waals surface area contributed by atoms with Crippen molar-refractivity contribution in [1.82, 2.24) is 4.31 Å². The number of nitrogens with one attached hydrogen (secondary N) is 1. The summed E-state index contributed by atoms with van der Waals surface area (Å²) in [6.45, 7) is 1.84. The summed E-state index contributed by atoms with van der Waals surface area (Å²) in [6.07, 6.45) is 1.12. The van der Waals surface area contributed by atoms with Gasteiger partial charge < -0.3 is 5.32 Å². The van der Waals surface area contributed by atoms with Crippen molar-refractivity contribution in [3.63, 3.8) is 0 Å². The number of nitriles is 1. The molecular formula is C19H21N3O3S. The SMILES string of the molecule is CC(c1ccccc1)N(CCC(=O)Nc1ccccc1C#N)S(C)(=O)=O. The number of hydrogen-bond acceptors (Lipinski definition) is 4. The molecule has 7 heteroatoms. The molecule has 0 spiro atoms. The Kier molecular flexibility index (Phi) is 6.50. The molecule has 0 saturated heterocycles. The lowest BCUT2D eigenvalue weighted by molar-refractivity contribution is -0.116. The molecule has 136 valence electrons. The van der Waals surface area contributed by atoms with Crippen molar-refractivity contribution in [2.45, 2.75) is 19.4 Å². The van der Waals surface area contributed by atoms with Gasteiger partial charge in [-0.15, -0.1) is 0 Å². The minimum absolute atomic E-state index is 0.00991. The number of sulfonamides is 1. The van der Waals surface area contributed by atoms with E-state index in [4.69, 9.17) is 5.26 Å². The van der Waals surface area contributed by atoms with Crippen LogP contribution >= 0.6 is 0 Å². The number of anilines is 1. The fourth-order valence-electron chi connectivity index (χ4n) is 2.66. The Bertz CT molecular complexity index is 905. The standard InChI is InChI=1S/C19H21N3O3S/c1-15(16-8-4-3-5-9-16)22(26(2,24)25)13-12-19(23)21-18-11-7-6-10-17(18)14-20/h3-11,15H,12-13H2,1-2H3,(H,21,23). The van der Waals surface area contributed by atoms with Gasteiger partial charge in [0.2, 0.25) is 15.9 Å². The van der Waals surface area contributed by atoms with E-state index in [9.17, 15) is 13.2 Å². The predicted octanol–water partition coefficient (Wildman–Crippen LogP) is 2.91. The molecule has 2 rings (SSSR count). The van der Waals surface area contributed by atoms with Gasteiger partial charge in [-0.3, -0.25) is 4.79 Å². The van der Waals surface area contributed by atoms with E-state index in [0.717, 1.165) is 11.8 Å². The van der Waals surface area contributed by atoms with Crippen LogP contribution in [0.3, 0.4) is 0 Å². The average molecular weight is 371 g/mol. The van der Waals surface area contributed by atoms with E-state index in [1.54, 1.807) is 31.2 Å². The quantitative estimate of drug-likeness (QED) is 0.810. The van der Waals surface area contributed by atoms with Crippen LogP contribution in [0.1, 0.15) is 30.5 Å². The Labute approximate surface area is 154 Å². The third-order valence-corrected chi connectivity index (χ3v) is 5.37. The second-order valence-electron chi connectivity index (χ2n) is 5.92. The molecule has 6 nitrogen and oxygen atoms in total. The lowest BCUT2D eigenvalue weighted by Crippen LogP contribution is -2.35. The lowest BCUT2D eigenvalue weighted by Gasteiger charge is -2.27. The van der Waals surface area contributed by atoms with E-state index in [1.165, 1.54) is 4.31 Å². The molecule has 1 N–H and O–H groups in total. The van der Waals surface area contributed by atoms with Gasteiger partial charge in [-0.2, -0.15) is 9.57 Å². The van der Waals surface area contributed by atoms with Crippen LogP contribution in [0.4, 0.5) is 5.69 Å². The molecule has 1 amide bonds. The molecule has 1 atom stereocenters. The lowest BCUT2D eigenvalue weighted by atomic mass is 10.1. The smallest absolute Gasteiger partial charge is 0.225 e. The van der Waals surface area contributed by atoms with Crippen LogP contribution in [0.5, 0.6) is 0 Å². The van der Waals surface area contributed by atoms with Gasteiger partial charge in [0.25, 0.3) is 0 Å². The molecule has 0 saturated carbocycles. The molecule has 2 aromatic carbocycles. The molecule has 26 heavy (non-hydrogen) atoms. The number of rotatable bonds is 7. The monoisotopic (exact) mass is 371 g/mol. The van der Waals surface area contributed by atoms with Crippen LogP contribution in [-0.4, -0.2) is 31.4 Å². The number of carbonyl (C=O) groups is 1. The van der Waals surface area contributed by atoms with E-state index in [0.29, 0.717) is 11.3 Å². The molecule has 0 heterocycles. The van der Waals surface area contributed by atoms with Gasteiger partial charge in [-0.1, -0.05) is 42.5 Å². The van der Waals surface area contributed by atoms with Crippen molar-refractivity contribution in [1.29, 1.82) is 5.26 Å². The largest absolute Gasteiger partial charge is 0.325 e. The number of benzene rings is 2. The maximum Gasteiger partial charge on any atom is 0.225 e. The molecule has 0 aromatic heterocycles. The first kappa shape index (κ1) is 19.6. The van der Waals surface area contributed by atoms with E-state index in [-0.39, 0.29) is 24.9 Å². The normalized spacial score (nSPS) is 12.4. The fraction of sp³-hybridized carbons (Fsp3) is 0.263. The third-order valence-electron chi connectivity index (χ3n) is 4.02. The minimum Gasteiger partial charge on any atom is -0.325 e. The summed E-state index contributed by atoms with van der Waals surface area (Å²) < 4.78 is 25.6. The van der Waals surface area contributed by atoms with E-state index in [1.807, 2.05) is 36.4 Å². The summed E-state index contributed by atoms with van der Waals surface area (Å²) >= 11 is 0. The van der Waals surface area contributed by atoms with E-state index < -0.39 is 10.0 Å². The first-order chi connectivity index (χ1) is 12.3. The fourth-order valence-corrected chi connectivity index (χ4v) is 3.78. The maximum absolute atomic E-state index is 12.2. The van der Waals surface area contributed by atoms with Crippen LogP contribution in [0, 0.1) is 11.3 Å². The number of carbonyl (C=O) groups excluding carboxylic acids is 1. The first-order valence-corrected chi connectivity index (χ1v) is 9.98. The van der Waals surface area contributed by atoms with Gasteiger partial charge >= 0.3 is 0 Å². The highest BCUT2D eigenvalue weighted by molar-refractivity contribution is 7.88. The van der Waals surface area contributed by atoms with Crippen molar-refractivity contribution in [3.8, 4) is 6.07 Å². The zero-order valence-corrected chi connectivity index (χ0v) is 15.5. The van der Waals surface area contributed by atoms with Gasteiger partial charge in [0.1, 0.15) is 6.07 Å². The van der Waals surface area contributed by atoms with E-state index >= 15 is 0 Å². The van der Waals surface area contributed by atoms with Gasteiger partial charge in [-0.05, 0) is 24.6 Å². The Morgan fingerprint density at radius 2 is 1.77 bits per heavy atom. The predicted molar refractivity (Wildman–Crippen MR) is 101 cm³/mol. The Hall–Kier alpha value is -2.69. The highest BCUT2D eigenvalue weighted by Crippen LogP contribution is 2.23. The van der Waals surface area contributed by atoms with Gasteiger partial charge in [0, 0.05) is 19.0 Å². The second kappa shape index (κ2) is 8.61. The summed E-state index contributed by atoms with van der Waals surface area (Å²) in [5.41, 5.74) is 1.63. The Balaban J connectivity index is 2.08. The van der Waals surface area contributed by atoms with Crippen molar-refractivity contribution in [2.75, 3.05) is 18.1 Å². The number of hydrogen-bond donors (Lipinski definition) is 1. The van der Waals surface area contributed by atoms with Crippen LogP contribution < -0.4 is 5.32 Å². The van der Waals surface area contributed by atoms with Crippen molar-refractivity contribution >= 4 is 21.6 Å². The molecular weight excluding hydrogens is 350 g/mol. The van der Waals surface area contributed by atoms with Gasteiger partial charge in [-0.25, -0.2) is 8.42 Å². The summed E-state index contributed by atoms with van der Waals surface area (Å²) in [5.74, 6) is -0.346. The zero-order chi connectivity index (χ0) is 19.2. The average Bonchev–Trinajstić information content (AvgIpc) is 2.61. The second-order valence-corrected chi connectivity index (χ2v) is 7.85. The van der Waals surface area contributed by atoms with E-state index in [2.05, 4.69) is 5.32 Å². The third kappa shape index (κ3) is 5.15. The highest BCUT2D eigenvalue weighted by atomic mass is 32.2. The number of para-hydroxylation sites is 1. The summed E-state index contributed by atoms with van der Waals surface area (Å²) in [6, 6.07) is 17.6. The molecule has 0 bridgehead atoms. The molecule has 0 aliphatic carbocycles. The van der Waals surface area contributed by atoms with Crippen LogP contribution in [0.25, 0.3) is 0 Å². The van der Waals surface area contributed by atoms with Crippen molar-refractivity contribution in [2.24, 2.45) is 0 Å². The van der Waals surface area contributed by atoms with Gasteiger partial charge in [0.15, 0.2) is 0 Å². The first-order valence-electron chi connectivity index (χ1n) is 8.13. The topological polar surface area (TPSA) is 90.3 Å². The molecule has 0 aliphatic rings. The molecule has 1 unspecified atom stereocenters.